The molecule has 66 valence electrons. The molecular formula is C9H9HgO2S-. The van der Waals surface area contributed by atoms with E-state index in [0.717, 1.165) is 3.93 Å². The Morgan fingerprint density at radius 2 is 2.23 bits per heavy atom. The van der Waals surface area contributed by atoms with E-state index < -0.39 is 25.0 Å². The van der Waals surface area contributed by atoms with E-state index in [2.05, 4.69) is 19.6 Å². The second-order valence-electron chi connectivity index (χ2n) is 2.63. The van der Waals surface area contributed by atoms with Crippen molar-refractivity contribution in [3.8, 4) is 5.75 Å². The first-order chi connectivity index (χ1) is 6.25. The molecule has 0 N–H and O–H groups in total. The Labute approximate surface area is 96.2 Å². The van der Waals surface area contributed by atoms with E-state index in [9.17, 15) is 4.79 Å². The van der Waals surface area contributed by atoms with E-state index in [-0.39, 0.29) is 5.12 Å². The van der Waals surface area contributed by atoms with Crippen LogP contribution in [0.15, 0.2) is 24.3 Å². The summed E-state index contributed by atoms with van der Waals surface area (Å²) in [5.74, 6) is 0.686. The average Bonchev–Trinajstić information content (AvgIpc) is 2.15. The SMILES string of the molecule is C[CH2][Hg][O]c1ccccc1C(=O)[S-]. The van der Waals surface area contributed by atoms with Gasteiger partial charge in [0, 0.05) is 0 Å². The van der Waals surface area contributed by atoms with Gasteiger partial charge in [-0.1, -0.05) is 0 Å². The molecule has 0 spiro atoms. The van der Waals surface area contributed by atoms with Crippen LogP contribution in [-0.4, -0.2) is 5.12 Å². The molecule has 0 unspecified atom stereocenters. The van der Waals surface area contributed by atoms with Crippen LogP contribution in [0.25, 0.3) is 0 Å². The van der Waals surface area contributed by atoms with Gasteiger partial charge in [0.1, 0.15) is 0 Å². The standard InChI is InChI=1S/C7H6O2S.C2H5.Hg/c8-6-4-2-1-3-5(6)7(9)10;1-2;/h1-4,8H,(H,9,10);1H2,2H3;/q;;+1/p-2. The van der Waals surface area contributed by atoms with Crippen molar-refractivity contribution in [2.45, 2.75) is 10.9 Å². The quantitative estimate of drug-likeness (QED) is 0.591. The van der Waals surface area contributed by atoms with Crippen LogP contribution in [0.2, 0.25) is 3.93 Å². The summed E-state index contributed by atoms with van der Waals surface area (Å²) >= 11 is 3.38. The van der Waals surface area contributed by atoms with Crippen LogP contribution in [0.3, 0.4) is 0 Å². The van der Waals surface area contributed by atoms with Gasteiger partial charge < -0.3 is 0 Å². The summed E-state index contributed by atoms with van der Waals surface area (Å²) in [7, 11) is 0. The molecule has 1 rings (SSSR count). The maximum atomic E-state index is 11.0. The minimum atomic E-state index is -1.21. The molecule has 0 atom stereocenters. The van der Waals surface area contributed by atoms with Crippen LogP contribution < -0.4 is 2.64 Å². The minimum absolute atomic E-state index is 0.333. The van der Waals surface area contributed by atoms with Gasteiger partial charge in [-0.05, 0) is 0 Å². The normalized spacial score (nSPS) is 9.00. The Bertz CT molecular complexity index is 301. The fourth-order valence-corrected chi connectivity index (χ4v) is 3.77. The van der Waals surface area contributed by atoms with E-state index in [0.29, 0.717) is 11.3 Å². The molecule has 13 heavy (non-hydrogen) atoms. The molecule has 0 aliphatic heterocycles. The van der Waals surface area contributed by atoms with Crippen molar-refractivity contribution in [3.63, 3.8) is 0 Å². The van der Waals surface area contributed by atoms with E-state index in [1.165, 1.54) is 0 Å². The number of hydrogen-bond acceptors (Lipinski definition) is 3. The number of rotatable bonds is 4. The fourth-order valence-electron chi connectivity index (χ4n) is 0.973. The third kappa shape index (κ3) is 3.23. The van der Waals surface area contributed by atoms with Gasteiger partial charge in [0.2, 0.25) is 0 Å². The molecular weight excluding hydrogens is 373 g/mol. The third-order valence-corrected chi connectivity index (χ3v) is 5.38. The van der Waals surface area contributed by atoms with Crippen molar-refractivity contribution < 1.29 is 32.5 Å². The fraction of sp³-hybridized carbons (Fsp3) is 0.222. The van der Waals surface area contributed by atoms with Gasteiger partial charge in [0.05, 0.1) is 0 Å². The second kappa shape index (κ2) is 5.55. The number of benzene rings is 1. The van der Waals surface area contributed by atoms with Gasteiger partial charge in [-0.3, -0.25) is 0 Å². The first-order valence-corrected chi connectivity index (χ1v) is 10.7. The molecule has 0 bridgehead atoms. The molecule has 0 aromatic heterocycles. The van der Waals surface area contributed by atoms with Crippen LogP contribution in [0.1, 0.15) is 17.3 Å². The molecule has 4 heteroatoms. The monoisotopic (exact) mass is 383 g/mol. The molecule has 0 saturated heterocycles. The maximum absolute atomic E-state index is 11.0. The van der Waals surface area contributed by atoms with Crippen LogP contribution in [0.4, 0.5) is 0 Å². The summed E-state index contributed by atoms with van der Waals surface area (Å²) in [5.41, 5.74) is 0.533. The Balaban J connectivity index is 2.84. The molecule has 2 nitrogen and oxygen atoms in total. The van der Waals surface area contributed by atoms with Crippen LogP contribution in [-0.2, 0) is 37.7 Å². The van der Waals surface area contributed by atoms with Gasteiger partial charge in [0.25, 0.3) is 0 Å². The van der Waals surface area contributed by atoms with Crippen molar-refractivity contribution in [1.82, 2.24) is 0 Å². The predicted octanol–water partition coefficient (Wildman–Crippen LogP) is 2.19. The first-order valence-electron chi connectivity index (χ1n) is 4.19. The molecule has 0 fully saturated rings. The van der Waals surface area contributed by atoms with Crippen LogP contribution in [0.5, 0.6) is 5.75 Å². The first kappa shape index (κ1) is 10.9. The zero-order valence-corrected chi connectivity index (χ0v) is 13.8. The van der Waals surface area contributed by atoms with Gasteiger partial charge >= 0.3 is 96.6 Å². The Morgan fingerprint density at radius 3 is 2.85 bits per heavy atom. The number of carbonyl (C=O) groups excluding carboxylic acids is 1. The van der Waals surface area contributed by atoms with Crippen molar-refractivity contribution in [3.05, 3.63) is 29.8 Å². The predicted molar refractivity (Wildman–Crippen MR) is 49.2 cm³/mol. The van der Waals surface area contributed by atoms with Gasteiger partial charge in [-0.25, -0.2) is 0 Å². The third-order valence-electron chi connectivity index (χ3n) is 1.57. The summed E-state index contributed by atoms with van der Waals surface area (Å²) in [5, 5.41) is -0.333. The van der Waals surface area contributed by atoms with E-state index >= 15 is 0 Å². The Hall–Kier alpha value is -0.155. The van der Waals surface area contributed by atoms with Crippen molar-refractivity contribution in [1.29, 1.82) is 0 Å². The zero-order chi connectivity index (χ0) is 9.68. The molecule has 0 saturated carbocycles. The Morgan fingerprint density at radius 1 is 1.54 bits per heavy atom. The van der Waals surface area contributed by atoms with E-state index in [1.807, 2.05) is 12.1 Å². The number of carbonyl (C=O) groups is 1. The molecule has 1 aromatic rings. The number of para-hydroxylation sites is 1. The van der Waals surface area contributed by atoms with E-state index in [1.54, 1.807) is 12.1 Å². The Kier molecular flexibility index (Phi) is 4.66. The van der Waals surface area contributed by atoms with Crippen LogP contribution >= 0.6 is 0 Å². The van der Waals surface area contributed by atoms with Crippen molar-refractivity contribution >= 4 is 17.7 Å². The molecule has 0 heterocycles. The summed E-state index contributed by atoms with van der Waals surface area (Å²) < 4.78 is 6.72. The molecule has 1 aromatic carbocycles. The molecule has 0 aliphatic rings. The van der Waals surface area contributed by atoms with Gasteiger partial charge in [0.15, 0.2) is 0 Å². The zero-order valence-electron chi connectivity index (χ0n) is 7.45. The molecule has 0 amide bonds. The van der Waals surface area contributed by atoms with Crippen LogP contribution in [0, 0.1) is 0 Å². The van der Waals surface area contributed by atoms with Gasteiger partial charge in [-0.15, -0.1) is 0 Å². The summed E-state index contributed by atoms with van der Waals surface area (Å²) in [6.45, 7) is 2.11. The summed E-state index contributed by atoms with van der Waals surface area (Å²) in [6, 6.07) is 7.19. The van der Waals surface area contributed by atoms with Gasteiger partial charge in [-0.2, -0.15) is 0 Å². The summed E-state index contributed by atoms with van der Waals surface area (Å²) in [4.78, 5) is 11.0. The average molecular weight is 382 g/mol. The second-order valence-corrected chi connectivity index (χ2v) is 9.60. The number of hydrogen-bond donors (Lipinski definition) is 0. The van der Waals surface area contributed by atoms with E-state index in [4.69, 9.17) is 2.64 Å². The summed E-state index contributed by atoms with van der Waals surface area (Å²) in [6.07, 6.45) is 0. The topological polar surface area (TPSA) is 26.3 Å². The molecule has 0 aliphatic carbocycles. The van der Waals surface area contributed by atoms with Crippen molar-refractivity contribution in [2.75, 3.05) is 0 Å². The van der Waals surface area contributed by atoms with Crippen molar-refractivity contribution in [2.24, 2.45) is 0 Å². The molecule has 0 radical (unpaired) electrons.